The number of amides is 1. The van der Waals surface area contributed by atoms with Crippen molar-refractivity contribution >= 4 is 34.7 Å². The molecule has 2 aromatic rings. The Hall–Kier alpha value is -1.46. The van der Waals surface area contributed by atoms with Crippen LogP contribution >= 0.6 is 23.1 Å². The molecule has 1 amide bonds. The van der Waals surface area contributed by atoms with Gasteiger partial charge in [0.1, 0.15) is 10.6 Å². The van der Waals surface area contributed by atoms with Crippen LogP contribution in [0.5, 0.6) is 5.75 Å². The minimum Gasteiger partial charge on any atom is -0.508 e. The van der Waals surface area contributed by atoms with Crippen LogP contribution in [0, 0.1) is 6.92 Å². The monoisotopic (exact) mass is 321 g/mol. The molecule has 1 aromatic carbocycles. The van der Waals surface area contributed by atoms with Crippen LogP contribution in [0.4, 0.5) is 5.69 Å². The maximum absolute atomic E-state index is 12.4. The van der Waals surface area contributed by atoms with Gasteiger partial charge in [-0.25, -0.2) is 0 Å². The molecule has 0 atom stereocenters. The molecule has 3 nitrogen and oxygen atoms in total. The predicted octanol–water partition coefficient (Wildman–Crippen LogP) is 4.86. The number of hydrogen-bond donors (Lipinski definition) is 2. The molecule has 0 aliphatic rings. The van der Waals surface area contributed by atoms with Crippen LogP contribution < -0.4 is 5.32 Å². The van der Waals surface area contributed by atoms with E-state index < -0.39 is 0 Å². The molecule has 0 saturated heterocycles. The summed E-state index contributed by atoms with van der Waals surface area (Å²) in [7, 11) is 0. The number of nitrogens with one attached hydrogen (secondary N) is 1. The van der Waals surface area contributed by atoms with Gasteiger partial charge < -0.3 is 10.4 Å². The van der Waals surface area contributed by atoms with Crippen LogP contribution in [-0.4, -0.2) is 17.3 Å². The topological polar surface area (TPSA) is 49.3 Å². The number of hydrogen-bond acceptors (Lipinski definition) is 4. The SMILES string of the molecule is CSc1ccsc1C(=O)Nc1cc(C(C)C)c(O)cc1C. The number of aromatic hydroxyl groups is 1. The molecule has 0 spiro atoms. The summed E-state index contributed by atoms with van der Waals surface area (Å²) in [6.07, 6.45) is 1.96. The van der Waals surface area contributed by atoms with Gasteiger partial charge in [-0.05, 0) is 53.8 Å². The van der Waals surface area contributed by atoms with E-state index in [1.54, 1.807) is 17.8 Å². The second kappa shape index (κ2) is 6.54. The van der Waals surface area contributed by atoms with Crippen LogP contribution in [0.3, 0.4) is 0 Å². The van der Waals surface area contributed by atoms with Gasteiger partial charge in [-0.3, -0.25) is 4.79 Å². The van der Waals surface area contributed by atoms with Crippen molar-refractivity contribution in [3.63, 3.8) is 0 Å². The predicted molar refractivity (Wildman–Crippen MR) is 91.0 cm³/mol. The first kappa shape index (κ1) is 15.9. The Kier molecular flexibility index (Phi) is 4.96. The van der Waals surface area contributed by atoms with E-state index in [1.807, 2.05) is 44.5 Å². The molecule has 5 heteroatoms. The van der Waals surface area contributed by atoms with E-state index in [0.29, 0.717) is 0 Å². The Labute approximate surface area is 133 Å². The highest BCUT2D eigenvalue weighted by Crippen LogP contribution is 2.32. The Morgan fingerprint density at radius 2 is 2.10 bits per heavy atom. The minimum atomic E-state index is -0.0992. The van der Waals surface area contributed by atoms with E-state index in [2.05, 4.69) is 5.32 Å². The third-order valence-corrected chi connectivity index (χ3v) is 5.12. The van der Waals surface area contributed by atoms with Crippen molar-refractivity contribution < 1.29 is 9.90 Å². The number of anilines is 1. The molecule has 0 aliphatic heterocycles. The fraction of sp³-hybridized carbons (Fsp3) is 0.312. The van der Waals surface area contributed by atoms with Crippen molar-refractivity contribution in [3.05, 3.63) is 39.6 Å². The average molecular weight is 321 g/mol. The van der Waals surface area contributed by atoms with Gasteiger partial charge in [-0.15, -0.1) is 23.1 Å². The van der Waals surface area contributed by atoms with E-state index in [-0.39, 0.29) is 17.6 Å². The van der Waals surface area contributed by atoms with Crippen LogP contribution in [0.2, 0.25) is 0 Å². The van der Waals surface area contributed by atoms with Gasteiger partial charge in [0.25, 0.3) is 5.91 Å². The number of phenols is 1. The standard InChI is InChI=1S/C16H19NO2S2/c1-9(2)11-8-12(10(3)7-13(11)18)17-16(19)15-14(20-4)5-6-21-15/h5-9,18H,1-4H3,(H,17,19). The number of rotatable bonds is 4. The summed E-state index contributed by atoms with van der Waals surface area (Å²) in [6.45, 7) is 5.91. The fourth-order valence-corrected chi connectivity index (χ4v) is 3.75. The smallest absolute Gasteiger partial charge is 0.266 e. The number of benzene rings is 1. The van der Waals surface area contributed by atoms with E-state index in [9.17, 15) is 9.90 Å². The lowest BCUT2D eigenvalue weighted by molar-refractivity contribution is 0.102. The summed E-state index contributed by atoms with van der Waals surface area (Å²) in [5, 5.41) is 14.8. The van der Waals surface area contributed by atoms with Gasteiger partial charge >= 0.3 is 0 Å². The molecular formula is C16H19NO2S2. The number of aryl methyl sites for hydroxylation is 1. The van der Waals surface area contributed by atoms with Crippen LogP contribution in [0.15, 0.2) is 28.5 Å². The zero-order valence-electron chi connectivity index (χ0n) is 12.6. The Bertz CT molecular complexity index is 662. The maximum Gasteiger partial charge on any atom is 0.266 e. The van der Waals surface area contributed by atoms with Gasteiger partial charge in [0.2, 0.25) is 0 Å². The van der Waals surface area contributed by atoms with Gasteiger partial charge in [0, 0.05) is 10.6 Å². The van der Waals surface area contributed by atoms with Crippen LogP contribution in [0.25, 0.3) is 0 Å². The number of phenolic OH excluding ortho intramolecular Hbond substituents is 1. The lowest BCUT2D eigenvalue weighted by atomic mass is 9.99. The molecule has 0 saturated carbocycles. The third-order valence-electron chi connectivity index (χ3n) is 3.30. The van der Waals surface area contributed by atoms with E-state index in [1.165, 1.54) is 11.3 Å². The lowest BCUT2D eigenvalue weighted by Crippen LogP contribution is -2.12. The molecule has 0 fully saturated rings. The van der Waals surface area contributed by atoms with Crippen molar-refractivity contribution in [1.29, 1.82) is 0 Å². The summed E-state index contributed by atoms with van der Waals surface area (Å²) >= 11 is 3.00. The zero-order chi connectivity index (χ0) is 15.6. The second-order valence-electron chi connectivity index (χ2n) is 5.15. The first-order chi connectivity index (χ1) is 9.93. The second-order valence-corrected chi connectivity index (χ2v) is 6.92. The molecule has 1 heterocycles. The summed E-state index contributed by atoms with van der Waals surface area (Å²) < 4.78 is 0. The van der Waals surface area contributed by atoms with Gasteiger partial charge in [-0.2, -0.15) is 0 Å². The van der Waals surface area contributed by atoms with Crippen LogP contribution in [0.1, 0.15) is 40.6 Å². The van der Waals surface area contributed by atoms with Gasteiger partial charge in [0.05, 0.1) is 0 Å². The molecule has 2 rings (SSSR count). The quantitative estimate of drug-likeness (QED) is 0.624. The summed E-state index contributed by atoms with van der Waals surface area (Å²) in [5.74, 6) is 0.379. The minimum absolute atomic E-state index is 0.0992. The summed E-state index contributed by atoms with van der Waals surface area (Å²) in [5.41, 5.74) is 2.45. The summed E-state index contributed by atoms with van der Waals surface area (Å²) in [6, 6.07) is 5.52. The molecule has 0 bridgehead atoms. The van der Waals surface area contributed by atoms with Crippen molar-refractivity contribution in [2.24, 2.45) is 0 Å². The van der Waals surface area contributed by atoms with Gasteiger partial charge in [0.15, 0.2) is 0 Å². The molecular weight excluding hydrogens is 302 g/mol. The average Bonchev–Trinajstić information content (AvgIpc) is 2.89. The van der Waals surface area contributed by atoms with Gasteiger partial charge in [-0.1, -0.05) is 13.8 Å². The number of thioether (sulfide) groups is 1. The summed E-state index contributed by atoms with van der Waals surface area (Å²) in [4.78, 5) is 14.1. The van der Waals surface area contributed by atoms with E-state index in [0.717, 1.165) is 26.6 Å². The van der Waals surface area contributed by atoms with Crippen molar-refractivity contribution in [3.8, 4) is 5.75 Å². The lowest BCUT2D eigenvalue weighted by Gasteiger charge is -2.14. The molecule has 0 aliphatic carbocycles. The Balaban J connectivity index is 2.31. The highest BCUT2D eigenvalue weighted by molar-refractivity contribution is 7.98. The molecule has 112 valence electrons. The molecule has 1 aromatic heterocycles. The first-order valence-corrected chi connectivity index (χ1v) is 8.80. The molecule has 0 radical (unpaired) electrons. The highest BCUT2D eigenvalue weighted by atomic mass is 32.2. The Morgan fingerprint density at radius 1 is 1.38 bits per heavy atom. The van der Waals surface area contributed by atoms with E-state index >= 15 is 0 Å². The first-order valence-electron chi connectivity index (χ1n) is 6.70. The highest BCUT2D eigenvalue weighted by Gasteiger charge is 2.16. The number of carbonyl (C=O) groups is 1. The normalized spacial score (nSPS) is 10.9. The number of thiophene rings is 1. The fourth-order valence-electron chi connectivity index (χ4n) is 2.11. The molecule has 21 heavy (non-hydrogen) atoms. The van der Waals surface area contributed by atoms with E-state index in [4.69, 9.17) is 0 Å². The van der Waals surface area contributed by atoms with Crippen LogP contribution in [-0.2, 0) is 0 Å². The zero-order valence-corrected chi connectivity index (χ0v) is 14.2. The van der Waals surface area contributed by atoms with Crippen molar-refractivity contribution in [2.75, 3.05) is 11.6 Å². The third kappa shape index (κ3) is 3.41. The Morgan fingerprint density at radius 3 is 2.71 bits per heavy atom. The van der Waals surface area contributed by atoms with Crippen molar-refractivity contribution in [2.45, 2.75) is 31.6 Å². The van der Waals surface area contributed by atoms with Crippen molar-refractivity contribution in [1.82, 2.24) is 0 Å². The maximum atomic E-state index is 12.4. The number of carbonyl (C=O) groups excluding carboxylic acids is 1. The molecule has 0 unspecified atom stereocenters. The largest absolute Gasteiger partial charge is 0.508 e. The molecule has 2 N–H and O–H groups in total.